The van der Waals surface area contributed by atoms with Gasteiger partial charge in [-0.15, -0.1) is 0 Å². The molecule has 0 amide bonds. The van der Waals surface area contributed by atoms with E-state index in [2.05, 4.69) is 32.9 Å². The van der Waals surface area contributed by atoms with Crippen molar-refractivity contribution < 1.29 is 9.94 Å². The minimum absolute atomic E-state index is 0.0362. The first-order chi connectivity index (χ1) is 7.42. The van der Waals surface area contributed by atoms with Gasteiger partial charge in [0.2, 0.25) is 0 Å². The second-order valence-corrected chi connectivity index (χ2v) is 5.96. The average Bonchev–Trinajstić information content (AvgIpc) is 2.28. The van der Waals surface area contributed by atoms with E-state index in [9.17, 15) is 5.21 Å². The lowest BCUT2D eigenvalue weighted by Gasteiger charge is -2.62. The topological polar surface area (TPSA) is 41.8 Å². The molecular weight excluding hydrogens is 202 g/mol. The van der Waals surface area contributed by atoms with E-state index in [-0.39, 0.29) is 11.0 Å². The van der Waals surface area contributed by atoms with Crippen LogP contribution in [-0.2, 0) is 4.74 Å². The van der Waals surface area contributed by atoms with Gasteiger partial charge in [0.25, 0.3) is 0 Å². The molecule has 3 saturated carbocycles. The zero-order valence-corrected chi connectivity index (χ0v) is 10.9. The molecule has 1 N–H and O–H groups in total. The summed E-state index contributed by atoms with van der Waals surface area (Å²) in [6.45, 7) is 9.03. The Bertz CT molecular complexity index is 328. The van der Waals surface area contributed by atoms with E-state index >= 15 is 0 Å². The SMILES string of the molecule is COC12C/C(=N\O)C(C)(C(C)C1)C(C)C2C. The third kappa shape index (κ3) is 1.15. The maximum Gasteiger partial charge on any atom is 0.0763 e. The molecule has 0 spiro atoms. The van der Waals surface area contributed by atoms with Crippen molar-refractivity contribution in [2.45, 2.75) is 46.1 Å². The molecule has 2 bridgehead atoms. The standard InChI is InChI=1S/C13H23NO2/c1-8-6-13(16-5)7-11(14-15)12(8,4)9(2)10(13)3/h8-10,15H,6-7H2,1-5H3/b14-11+. The summed E-state index contributed by atoms with van der Waals surface area (Å²) >= 11 is 0. The molecule has 0 aromatic rings. The number of hydrogen-bond donors (Lipinski definition) is 1. The molecule has 3 heteroatoms. The highest BCUT2D eigenvalue weighted by atomic mass is 16.5. The first-order valence-corrected chi connectivity index (χ1v) is 6.19. The van der Waals surface area contributed by atoms with Crippen LogP contribution in [0.25, 0.3) is 0 Å². The molecule has 3 rings (SSSR count). The number of oxime groups is 1. The fraction of sp³-hybridized carbons (Fsp3) is 0.923. The largest absolute Gasteiger partial charge is 0.411 e. The van der Waals surface area contributed by atoms with Gasteiger partial charge in [-0.1, -0.05) is 32.9 Å². The molecule has 16 heavy (non-hydrogen) atoms. The molecule has 0 aromatic carbocycles. The number of ether oxygens (including phenoxy) is 1. The first kappa shape index (κ1) is 11.9. The van der Waals surface area contributed by atoms with Gasteiger partial charge in [0, 0.05) is 18.9 Å². The van der Waals surface area contributed by atoms with Crippen molar-refractivity contribution in [2.75, 3.05) is 7.11 Å². The fourth-order valence-electron chi connectivity index (χ4n) is 4.08. The van der Waals surface area contributed by atoms with E-state index in [0.717, 1.165) is 18.6 Å². The number of nitrogens with zero attached hydrogens (tertiary/aromatic N) is 1. The Morgan fingerprint density at radius 2 is 1.94 bits per heavy atom. The number of hydrogen-bond acceptors (Lipinski definition) is 3. The second-order valence-electron chi connectivity index (χ2n) is 5.96. The molecule has 3 nitrogen and oxygen atoms in total. The molecule has 92 valence electrons. The van der Waals surface area contributed by atoms with E-state index in [0.29, 0.717) is 17.8 Å². The van der Waals surface area contributed by atoms with Gasteiger partial charge in [-0.05, 0) is 24.2 Å². The zero-order valence-electron chi connectivity index (χ0n) is 10.9. The van der Waals surface area contributed by atoms with E-state index < -0.39 is 0 Å². The average molecular weight is 225 g/mol. The van der Waals surface area contributed by atoms with Crippen molar-refractivity contribution in [3.63, 3.8) is 0 Å². The molecule has 0 heterocycles. The van der Waals surface area contributed by atoms with Gasteiger partial charge in [-0.25, -0.2) is 0 Å². The molecular formula is C13H23NO2. The van der Waals surface area contributed by atoms with E-state index in [4.69, 9.17) is 4.74 Å². The normalized spacial score (nSPS) is 54.6. The summed E-state index contributed by atoms with van der Waals surface area (Å²) in [5, 5.41) is 12.8. The van der Waals surface area contributed by atoms with Crippen molar-refractivity contribution in [1.82, 2.24) is 0 Å². The summed E-state index contributed by atoms with van der Waals surface area (Å²) in [4.78, 5) is 0. The lowest BCUT2D eigenvalue weighted by Crippen LogP contribution is -2.64. The van der Waals surface area contributed by atoms with Crippen molar-refractivity contribution in [3.05, 3.63) is 0 Å². The Hall–Kier alpha value is -0.570. The highest BCUT2D eigenvalue weighted by molar-refractivity contribution is 5.93. The first-order valence-electron chi connectivity index (χ1n) is 6.19. The number of fused-ring (bicyclic) bond motifs is 3. The van der Waals surface area contributed by atoms with Gasteiger partial charge >= 0.3 is 0 Å². The van der Waals surface area contributed by atoms with Crippen LogP contribution in [0.5, 0.6) is 0 Å². The van der Waals surface area contributed by atoms with Crippen LogP contribution in [0.2, 0.25) is 0 Å². The third-order valence-corrected chi connectivity index (χ3v) is 5.82. The van der Waals surface area contributed by atoms with Crippen LogP contribution in [0.15, 0.2) is 5.16 Å². The van der Waals surface area contributed by atoms with Gasteiger partial charge in [-0.2, -0.15) is 0 Å². The number of methoxy groups -OCH3 is 1. The van der Waals surface area contributed by atoms with E-state index in [1.807, 2.05) is 0 Å². The second kappa shape index (κ2) is 3.46. The van der Waals surface area contributed by atoms with E-state index in [1.54, 1.807) is 7.11 Å². The highest BCUT2D eigenvalue weighted by Gasteiger charge is 2.62. The van der Waals surface area contributed by atoms with Gasteiger partial charge in [0.15, 0.2) is 0 Å². The summed E-state index contributed by atoms with van der Waals surface area (Å²) in [7, 11) is 1.79. The van der Waals surface area contributed by atoms with Crippen molar-refractivity contribution >= 4 is 5.71 Å². The molecule has 3 aliphatic carbocycles. The lowest BCUT2D eigenvalue weighted by molar-refractivity contribution is -0.154. The minimum Gasteiger partial charge on any atom is -0.411 e. The summed E-state index contributed by atoms with van der Waals surface area (Å²) in [5.74, 6) is 1.53. The molecule has 3 fully saturated rings. The quantitative estimate of drug-likeness (QED) is 0.550. The van der Waals surface area contributed by atoms with Gasteiger partial charge < -0.3 is 9.94 Å². The summed E-state index contributed by atoms with van der Waals surface area (Å²) in [6.07, 6.45) is 1.86. The van der Waals surface area contributed by atoms with Crippen molar-refractivity contribution in [3.8, 4) is 0 Å². The summed E-state index contributed by atoms with van der Waals surface area (Å²) in [6, 6.07) is 0. The molecule has 3 aliphatic rings. The van der Waals surface area contributed by atoms with Crippen LogP contribution in [0.3, 0.4) is 0 Å². The van der Waals surface area contributed by atoms with Crippen molar-refractivity contribution in [1.29, 1.82) is 0 Å². The molecule has 0 saturated heterocycles. The summed E-state index contributed by atoms with van der Waals surface area (Å²) in [5.41, 5.74) is 0.853. The predicted octanol–water partition coefficient (Wildman–Crippen LogP) is 2.92. The van der Waals surface area contributed by atoms with E-state index in [1.165, 1.54) is 0 Å². The Morgan fingerprint density at radius 1 is 1.31 bits per heavy atom. The third-order valence-electron chi connectivity index (χ3n) is 5.82. The molecule has 0 aliphatic heterocycles. The Labute approximate surface area is 97.9 Å². The predicted molar refractivity (Wildman–Crippen MR) is 63.8 cm³/mol. The van der Waals surface area contributed by atoms with Crippen LogP contribution in [0.1, 0.15) is 40.5 Å². The van der Waals surface area contributed by atoms with Gasteiger partial charge in [0.05, 0.1) is 11.3 Å². The molecule has 5 atom stereocenters. The maximum absolute atomic E-state index is 9.24. The Kier molecular flexibility index (Phi) is 2.57. The smallest absolute Gasteiger partial charge is 0.0763 e. The summed E-state index contributed by atoms with van der Waals surface area (Å²) < 4.78 is 5.80. The lowest BCUT2D eigenvalue weighted by atomic mass is 9.45. The zero-order chi connectivity index (χ0) is 12.1. The van der Waals surface area contributed by atoms with Gasteiger partial charge in [0.1, 0.15) is 0 Å². The van der Waals surface area contributed by atoms with Crippen LogP contribution < -0.4 is 0 Å². The highest BCUT2D eigenvalue weighted by Crippen LogP contribution is 2.60. The molecule has 5 unspecified atom stereocenters. The van der Waals surface area contributed by atoms with Crippen LogP contribution >= 0.6 is 0 Å². The van der Waals surface area contributed by atoms with Crippen LogP contribution in [-0.4, -0.2) is 23.6 Å². The Balaban J connectivity index is 2.51. The fourth-order valence-corrected chi connectivity index (χ4v) is 4.08. The van der Waals surface area contributed by atoms with Crippen LogP contribution in [0.4, 0.5) is 0 Å². The Morgan fingerprint density at radius 3 is 2.44 bits per heavy atom. The number of rotatable bonds is 1. The monoisotopic (exact) mass is 225 g/mol. The molecule has 0 radical (unpaired) electrons. The molecule has 0 aromatic heterocycles. The van der Waals surface area contributed by atoms with Crippen LogP contribution in [0, 0.1) is 23.2 Å². The minimum atomic E-state index is -0.113. The van der Waals surface area contributed by atoms with Crippen molar-refractivity contribution in [2.24, 2.45) is 28.3 Å². The maximum atomic E-state index is 9.24. The van der Waals surface area contributed by atoms with Gasteiger partial charge in [-0.3, -0.25) is 0 Å².